The lowest BCUT2D eigenvalue weighted by molar-refractivity contribution is 0.296. The van der Waals surface area contributed by atoms with Gasteiger partial charge in [0.15, 0.2) is 5.75 Å². The average molecular weight is 246 g/mol. The second-order valence-corrected chi connectivity index (χ2v) is 6.57. The Kier molecular flexibility index (Phi) is 4.84. The Morgan fingerprint density at radius 2 is 2.20 bits per heavy atom. The van der Waals surface area contributed by atoms with Gasteiger partial charge < -0.3 is 9.47 Å². The van der Waals surface area contributed by atoms with Gasteiger partial charge in [-0.1, -0.05) is 13.1 Å². The Labute approximate surface area is 96.2 Å². The fourth-order valence-electron chi connectivity index (χ4n) is 0.930. The molecule has 1 radical (unpaired) electrons. The molecule has 0 N–H and O–H groups in total. The van der Waals surface area contributed by atoms with Gasteiger partial charge in [-0.05, 0) is 17.6 Å². The molecule has 0 aliphatic rings. The monoisotopic (exact) mass is 245 g/mol. The van der Waals surface area contributed by atoms with Crippen LogP contribution >= 0.6 is 11.6 Å². The minimum Gasteiger partial charge on any atom is -0.490 e. The largest absolute Gasteiger partial charge is 0.490 e. The summed E-state index contributed by atoms with van der Waals surface area (Å²) in [5, 5.41) is 0.171. The second kappa shape index (κ2) is 5.92. The van der Waals surface area contributed by atoms with Crippen molar-refractivity contribution in [3.8, 4) is 11.6 Å². The Balaban J connectivity index is 2.62. The van der Waals surface area contributed by atoms with E-state index in [-0.39, 0.29) is 14.1 Å². The van der Waals surface area contributed by atoms with E-state index in [1.807, 2.05) is 0 Å². The molecule has 4 nitrogen and oxygen atoms in total. The lowest BCUT2D eigenvalue weighted by atomic mass is 10.5. The zero-order valence-corrected chi connectivity index (χ0v) is 10.8. The van der Waals surface area contributed by atoms with Crippen molar-refractivity contribution in [2.45, 2.75) is 19.1 Å². The molecule has 1 aromatic heterocycles. The molecule has 0 aliphatic carbocycles. The molecule has 0 saturated carbocycles. The van der Waals surface area contributed by atoms with Gasteiger partial charge in [-0.25, -0.2) is 4.98 Å². The Morgan fingerprint density at radius 1 is 1.47 bits per heavy atom. The summed E-state index contributed by atoms with van der Waals surface area (Å²) < 4.78 is 10.5. The highest BCUT2D eigenvalue weighted by atomic mass is 35.5. The van der Waals surface area contributed by atoms with Crippen molar-refractivity contribution in [3.63, 3.8) is 0 Å². The molecule has 0 atom stereocenters. The van der Waals surface area contributed by atoms with Crippen LogP contribution in [-0.4, -0.2) is 32.5 Å². The van der Waals surface area contributed by atoms with Crippen LogP contribution in [0.25, 0.3) is 0 Å². The van der Waals surface area contributed by atoms with E-state index >= 15 is 0 Å². The first-order valence-electron chi connectivity index (χ1n) is 4.62. The zero-order chi connectivity index (χ0) is 11.3. The van der Waals surface area contributed by atoms with Crippen molar-refractivity contribution in [3.05, 3.63) is 11.5 Å². The van der Waals surface area contributed by atoms with Crippen LogP contribution in [0.3, 0.4) is 0 Å². The molecular weight excluding hydrogens is 232 g/mol. The van der Waals surface area contributed by atoms with Crippen LogP contribution < -0.4 is 9.47 Å². The van der Waals surface area contributed by atoms with Crippen LogP contribution in [0, 0.1) is 0 Å². The number of hydrogen-bond donors (Lipinski definition) is 0. The first kappa shape index (κ1) is 12.3. The molecule has 0 aliphatic heterocycles. The smallest absolute Gasteiger partial charge is 0.261 e. The van der Waals surface area contributed by atoms with Crippen LogP contribution in [0.15, 0.2) is 6.20 Å². The van der Waals surface area contributed by atoms with Crippen LogP contribution in [0.2, 0.25) is 24.4 Å². The standard InChI is InChI=1S/C9H14ClN2O2Si/c1-13-7-6-11-9(10)12-8(7)14-4-5-15(2)3/h6H,4-5H2,1-3H3. The van der Waals surface area contributed by atoms with E-state index in [1.165, 1.54) is 6.20 Å². The van der Waals surface area contributed by atoms with Crippen LogP contribution in [-0.2, 0) is 0 Å². The molecule has 83 valence electrons. The molecule has 0 bridgehead atoms. The molecular formula is C9H14ClN2O2Si. The van der Waals surface area contributed by atoms with Gasteiger partial charge in [0.05, 0.1) is 19.9 Å². The maximum absolute atomic E-state index is 5.66. The third kappa shape index (κ3) is 4.05. The fraction of sp³-hybridized carbons (Fsp3) is 0.556. The normalized spacial score (nSPS) is 10.5. The van der Waals surface area contributed by atoms with E-state index in [0.29, 0.717) is 18.2 Å². The van der Waals surface area contributed by atoms with Gasteiger partial charge in [0, 0.05) is 8.80 Å². The molecule has 1 rings (SSSR count). The van der Waals surface area contributed by atoms with E-state index < -0.39 is 0 Å². The minimum absolute atomic E-state index is 0.171. The summed E-state index contributed by atoms with van der Waals surface area (Å²) in [6.07, 6.45) is 1.51. The highest BCUT2D eigenvalue weighted by Gasteiger charge is 2.08. The maximum Gasteiger partial charge on any atom is 0.261 e. The SMILES string of the molecule is COc1cnc(Cl)nc1OCC[Si](C)C. The van der Waals surface area contributed by atoms with E-state index in [9.17, 15) is 0 Å². The minimum atomic E-state index is -0.276. The van der Waals surface area contributed by atoms with E-state index in [1.54, 1.807) is 7.11 Å². The van der Waals surface area contributed by atoms with Gasteiger partial charge >= 0.3 is 0 Å². The second-order valence-electron chi connectivity index (χ2n) is 3.32. The van der Waals surface area contributed by atoms with E-state index in [4.69, 9.17) is 21.1 Å². The van der Waals surface area contributed by atoms with Gasteiger partial charge in [0.25, 0.3) is 5.88 Å². The number of nitrogens with zero attached hydrogens (tertiary/aromatic N) is 2. The molecule has 0 aromatic carbocycles. The third-order valence-electron chi connectivity index (χ3n) is 1.75. The molecule has 6 heteroatoms. The number of hydrogen-bond acceptors (Lipinski definition) is 4. The molecule has 0 fully saturated rings. The van der Waals surface area contributed by atoms with Crippen LogP contribution in [0.5, 0.6) is 11.6 Å². The number of aromatic nitrogens is 2. The van der Waals surface area contributed by atoms with E-state index in [2.05, 4.69) is 23.1 Å². The Hall–Kier alpha value is -0.813. The summed E-state index contributed by atoms with van der Waals surface area (Å²) in [6, 6.07) is 1.06. The molecule has 15 heavy (non-hydrogen) atoms. The van der Waals surface area contributed by atoms with Crippen molar-refractivity contribution < 1.29 is 9.47 Å². The summed E-state index contributed by atoms with van der Waals surface area (Å²) in [5.41, 5.74) is 0. The molecule has 0 unspecified atom stereocenters. The summed E-state index contributed by atoms with van der Waals surface area (Å²) in [4.78, 5) is 7.77. The lowest BCUT2D eigenvalue weighted by Crippen LogP contribution is -2.08. The number of halogens is 1. The highest BCUT2D eigenvalue weighted by molar-refractivity contribution is 6.55. The molecule has 0 spiro atoms. The molecule has 1 heterocycles. The van der Waals surface area contributed by atoms with Gasteiger partial charge in [-0.3, -0.25) is 0 Å². The zero-order valence-electron chi connectivity index (χ0n) is 9.08. The van der Waals surface area contributed by atoms with E-state index in [0.717, 1.165) is 6.04 Å². The average Bonchev–Trinajstić information content (AvgIpc) is 2.17. The van der Waals surface area contributed by atoms with Crippen molar-refractivity contribution >= 4 is 20.4 Å². The summed E-state index contributed by atoms with van der Waals surface area (Å²) in [5.74, 6) is 0.932. The number of methoxy groups -OCH3 is 1. The summed E-state index contributed by atoms with van der Waals surface area (Å²) in [6.45, 7) is 5.11. The van der Waals surface area contributed by atoms with Gasteiger partial charge in [0.1, 0.15) is 0 Å². The predicted molar refractivity (Wildman–Crippen MR) is 61.4 cm³/mol. The van der Waals surface area contributed by atoms with Crippen LogP contribution in [0.4, 0.5) is 0 Å². The quantitative estimate of drug-likeness (QED) is 0.590. The van der Waals surface area contributed by atoms with Crippen LogP contribution in [0.1, 0.15) is 0 Å². The highest BCUT2D eigenvalue weighted by Crippen LogP contribution is 2.24. The van der Waals surface area contributed by atoms with Gasteiger partial charge in [0.2, 0.25) is 5.28 Å². The number of ether oxygens (including phenoxy) is 2. The third-order valence-corrected chi connectivity index (χ3v) is 3.14. The van der Waals surface area contributed by atoms with Crippen molar-refractivity contribution in [1.29, 1.82) is 0 Å². The fourth-order valence-corrected chi connectivity index (χ4v) is 1.57. The van der Waals surface area contributed by atoms with Crippen molar-refractivity contribution in [2.24, 2.45) is 0 Å². The number of rotatable bonds is 5. The Morgan fingerprint density at radius 3 is 2.80 bits per heavy atom. The Bertz CT molecular complexity index is 323. The molecule has 0 saturated heterocycles. The van der Waals surface area contributed by atoms with Gasteiger partial charge in [-0.2, -0.15) is 4.98 Å². The first-order chi connectivity index (χ1) is 7.13. The summed E-state index contributed by atoms with van der Waals surface area (Å²) in [7, 11) is 1.27. The maximum atomic E-state index is 5.66. The van der Waals surface area contributed by atoms with Gasteiger partial charge in [-0.15, -0.1) is 0 Å². The molecule has 0 amide bonds. The molecule has 1 aromatic rings. The topological polar surface area (TPSA) is 44.2 Å². The van der Waals surface area contributed by atoms with Crippen molar-refractivity contribution in [1.82, 2.24) is 9.97 Å². The first-order valence-corrected chi connectivity index (χ1v) is 7.70. The summed E-state index contributed by atoms with van der Waals surface area (Å²) >= 11 is 5.66. The van der Waals surface area contributed by atoms with Crippen molar-refractivity contribution in [2.75, 3.05) is 13.7 Å². The lowest BCUT2D eigenvalue weighted by Gasteiger charge is -2.09. The predicted octanol–water partition coefficient (Wildman–Crippen LogP) is 2.27.